The third kappa shape index (κ3) is 4.13. The lowest BCUT2D eigenvalue weighted by Crippen LogP contribution is -2.39. The monoisotopic (exact) mass is 323 g/mol. The Hall–Kier alpha value is -1.82. The van der Waals surface area contributed by atoms with Crippen LogP contribution in [0.5, 0.6) is 0 Å². The standard InChI is InChI=1S/C15H17F2N3O.C2H6/c16-12-7-11(8-13(17)9-12)14-3-6-19-20(14)15(21)10-1-4-18-5-2-10;1-2/h6-10,14,18H,1-5H2;1-2H3. The van der Waals surface area contributed by atoms with Crippen molar-refractivity contribution in [2.45, 2.75) is 39.2 Å². The second-order valence-corrected chi connectivity index (χ2v) is 5.46. The number of hydrogen-bond acceptors (Lipinski definition) is 3. The zero-order valence-corrected chi connectivity index (χ0v) is 13.6. The Morgan fingerprint density at radius 2 is 1.78 bits per heavy atom. The van der Waals surface area contributed by atoms with Crippen molar-refractivity contribution >= 4 is 12.1 Å². The second kappa shape index (κ2) is 8.15. The summed E-state index contributed by atoms with van der Waals surface area (Å²) in [5.74, 6) is -1.39. The van der Waals surface area contributed by atoms with E-state index < -0.39 is 17.7 Å². The third-order valence-corrected chi connectivity index (χ3v) is 4.01. The summed E-state index contributed by atoms with van der Waals surface area (Å²) in [5.41, 5.74) is 0.451. The van der Waals surface area contributed by atoms with E-state index in [1.165, 1.54) is 17.1 Å². The minimum atomic E-state index is -0.633. The number of carbonyl (C=O) groups excluding carboxylic acids is 1. The molecule has 2 aliphatic heterocycles. The van der Waals surface area contributed by atoms with Crippen LogP contribution in [-0.4, -0.2) is 30.2 Å². The van der Waals surface area contributed by atoms with Gasteiger partial charge in [-0.3, -0.25) is 4.79 Å². The molecule has 1 amide bonds. The molecular weight excluding hydrogens is 300 g/mol. The van der Waals surface area contributed by atoms with Crippen LogP contribution in [0.3, 0.4) is 0 Å². The highest BCUT2D eigenvalue weighted by Gasteiger charge is 2.33. The maximum atomic E-state index is 13.4. The largest absolute Gasteiger partial charge is 0.317 e. The maximum Gasteiger partial charge on any atom is 0.246 e. The fourth-order valence-corrected chi connectivity index (χ4v) is 2.93. The lowest BCUT2D eigenvalue weighted by molar-refractivity contribution is -0.138. The molecule has 1 saturated heterocycles. The number of amides is 1. The summed E-state index contributed by atoms with van der Waals surface area (Å²) >= 11 is 0. The summed E-state index contributed by atoms with van der Waals surface area (Å²) in [7, 11) is 0. The van der Waals surface area contributed by atoms with Crippen molar-refractivity contribution in [3.8, 4) is 0 Å². The molecule has 2 aliphatic rings. The highest BCUT2D eigenvalue weighted by molar-refractivity contribution is 5.82. The Kier molecular flexibility index (Phi) is 6.21. The van der Waals surface area contributed by atoms with Crippen LogP contribution in [0, 0.1) is 17.6 Å². The molecule has 0 spiro atoms. The van der Waals surface area contributed by atoms with Crippen molar-refractivity contribution in [1.29, 1.82) is 0 Å². The van der Waals surface area contributed by atoms with E-state index in [-0.39, 0.29) is 11.8 Å². The zero-order valence-electron chi connectivity index (χ0n) is 13.6. The summed E-state index contributed by atoms with van der Waals surface area (Å²) in [6, 6.07) is 2.96. The van der Waals surface area contributed by atoms with Crippen LogP contribution in [0.2, 0.25) is 0 Å². The molecule has 3 rings (SSSR count). The maximum absolute atomic E-state index is 13.4. The molecule has 0 bridgehead atoms. The minimum Gasteiger partial charge on any atom is -0.317 e. The molecule has 0 aliphatic carbocycles. The molecule has 1 N–H and O–H groups in total. The van der Waals surface area contributed by atoms with Gasteiger partial charge in [0, 0.05) is 24.6 Å². The van der Waals surface area contributed by atoms with Gasteiger partial charge in [0.1, 0.15) is 11.6 Å². The lowest BCUT2D eigenvalue weighted by Gasteiger charge is -2.28. The van der Waals surface area contributed by atoms with Gasteiger partial charge in [-0.25, -0.2) is 13.8 Å². The van der Waals surface area contributed by atoms with Crippen LogP contribution in [0.4, 0.5) is 8.78 Å². The van der Waals surface area contributed by atoms with Crippen LogP contribution >= 0.6 is 0 Å². The van der Waals surface area contributed by atoms with Gasteiger partial charge < -0.3 is 5.32 Å². The number of hydrogen-bond donors (Lipinski definition) is 1. The normalized spacial score (nSPS) is 21.0. The first-order chi connectivity index (χ1) is 11.1. The van der Waals surface area contributed by atoms with Crippen LogP contribution in [0.1, 0.15) is 44.7 Å². The zero-order chi connectivity index (χ0) is 16.8. The molecule has 1 atom stereocenters. The van der Waals surface area contributed by atoms with Gasteiger partial charge in [-0.15, -0.1) is 0 Å². The summed E-state index contributed by atoms with van der Waals surface area (Å²) in [6.07, 6.45) is 3.66. The molecule has 2 heterocycles. The number of halogens is 2. The quantitative estimate of drug-likeness (QED) is 0.908. The fraction of sp³-hybridized carbons (Fsp3) is 0.529. The van der Waals surface area contributed by atoms with Crippen molar-refractivity contribution in [2.75, 3.05) is 13.1 Å². The van der Waals surface area contributed by atoms with Crippen molar-refractivity contribution in [3.63, 3.8) is 0 Å². The van der Waals surface area contributed by atoms with Crippen molar-refractivity contribution < 1.29 is 13.6 Å². The minimum absolute atomic E-state index is 0.0556. The van der Waals surface area contributed by atoms with Crippen LogP contribution < -0.4 is 5.32 Å². The van der Waals surface area contributed by atoms with Crippen LogP contribution in [-0.2, 0) is 4.79 Å². The number of benzene rings is 1. The second-order valence-electron chi connectivity index (χ2n) is 5.46. The summed E-state index contributed by atoms with van der Waals surface area (Å²) < 4.78 is 26.7. The smallest absolute Gasteiger partial charge is 0.246 e. The molecule has 0 saturated carbocycles. The van der Waals surface area contributed by atoms with E-state index in [2.05, 4.69) is 10.4 Å². The molecule has 4 nitrogen and oxygen atoms in total. The fourth-order valence-electron chi connectivity index (χ4n) is 2.93. The molecule has 1 aromatic carbocycles. The Morgan fingerprint density at radius 3 is 2.39 bits per heavy atom. The highest BCUT2D eigenvalue weighted by atomic mass is 19.1. The molecule has 1 unspecified atom stereocenters. The average Bonchev–Trinajstić information content (AvgIpc) is 3.05. The molecule has 1 aromatic rings. The highest BCUT2D eigenvalue weighted by Crippen LogP contribution is 2.31. The van der Waals surface area contributed by atoms with E-state index in [0.717, 1.165) is 32.0 Å². The van der Waals surface area contributed by atoms with Crippen molar-refractivity contribution in [2.24, 2.45) is 11.0 Å². The van der Waals surface area contributed by atoms with Gasteiger partial charge in [0.05, 0.1) is 6.04 Å². The topological polar surface area (TPSA) is 44.7 Å². The van der Waals surface area contributed by atoms with Gasteiger partial charge in [0.2, 0.25) is 5.91 Å². The predicted octanol–water partition coefficient (Wildman–Crippen LogP) is 3.25. The van der Waals surface area contributed by atoms with Gasteiger partial charge >= 0.3 is 0 Å². The van der Waals surface area contributed by atoms with Gasteiger partial charge in [-0.2, -0.15) is 5.10 Å². The Morgan fingerprint density at radius 1 is 1.17 bits per heavy atom. The van der Waals surface area contributed by atoms with Gasteiger partial charge in [0.25, 0.3) is 0 Å². The van der Waals surface area contributed by atoms with Crippen molar-refractivity contribution in [3.05, 3.63) is 35.4 Å². The number of hydrazone groups is 1. The number of piperidine rings is 1. The molecule has 0 aromatic heterocycles. The molecule has 6 heteroatoms. The summed E-state index contributed by atoms with van der Waals surface area (Å²) in [5, 5.41) is 8.72. The number of rotatable bonds is 2. The summed E-state index contributed by atoms with van der Waals surface area (Å²) in [4.78, 5) is 12.6. The van der Waals surface area contributed by atoms with Gasteiger partial charge in [-0.05, 0) is 43.6 Å². The molecule has 126 valence electrons. The van der Waals surface area contributed by atoms with E-state index in [9.17, 15) is 13.6 Å². The van der Waals surface area contributed by atoms with E-state index >= 15 is 0 Å². The van der Waals surface area contributed by atoms with Crippen LogP contribution in [0.15, 0.2) is 23.3 Å². The lowest BCUT2D eigenvalue weighted by atomic mass is 9.95. The number of carbonyl (C=O) groups is 1. The molecule has 23 heavy (non-hydrogen) atoms. The first-order valence-corrected chi connectivity index (χ1v) is 8.17. The number of nitrogens with zero attached hydrogens (tertiary/aromatic N) is 2. The van der Waals surface area contributed by atoms with Gasteiger partial charge in [0.15, 0.2) is 0 Å². The van der Waals surface area contributed by atoms with Crippen molar-refractivity contribution in [1.82, 2.24) is 10.3 Å². The van der Waals surface area contributed by atoms with E-state index in [1.54, 1.807) is 6.21 Å². The summed E-state index contributed by atoms with van der Waals surface area (Å²) in [6.45, 7) is 5.63. The Labute approximate surface area is 135 Å². The number of nitrogens with one attached hydrogen (secondary N) is 1. The third-order valence-electron chi connectivity index (χ3n) is 4.01. The van der Waals surface area contributed by atoms with Gasteiger partial charge in [-0.1, -0.05) is 13.8 Å². The first-order valence-electron chi connectivity index (χ1n) is 8.17. The first kappa shape index (κ1) is 17.5. The Balaban J connectivity index is 0.000000924. The van der Waals surface area contributed by atoms with E-state index in [0.29, 0.717) is 12.0 Å². The molecular formula is C17H23F2N3O. The van der Waals surface area contributed by atoms with E-state index in [4.69, 9.17) is 0 Å². The van der Waals surface area contributed by atoms with E-state index in [1.807, 2.05) is 13.8 Å². The Bertz CT molecular complexity index is 551. The molecule has 0 radical (unpaired) electrons. The molecule has 1 fully saturated rings. The SMILES string of the molecule is CC.O=C(C1CCNCC1)N1N=CCC1c1cc(F)cc(F)c1. The van der Waals surface area contributed by atoms with Crippen LogP contribution in [0.25, 0.3) is 0 Å². The average molecular weight is 323 g/mol. The predicted molar refractivity (Wildman–Crippen MR) is 86.0 cm³/mol.